The summed E-state index contributed by atoms with van der Waals surface area (Å²) in [5.74, 6) is 0.321. The Morgan fingerprint density at radius 3 is 2.39 bits per heavy atom. The van der Waals surface area contributed by atoms with Crippen LogP contribution in [0.25, 0.3) is 0 Å². The molecule has 1 amide bonds. The first kappa shape index (κ1) is 20.6. The molecule has 28 heavy (non-hydrogen) atoms. The zero-order valence-corrected chi connectivity index (χ0v) is 17.9. The lowest BCUT2D eigenvalue weighted by Gasteiger charge is -2.33. The third-order valence-electron chi connectivity index (χ3n) is 5.25. The molecule has 0 saturated heterocycles. The van der Waals surface area contributed by atoms with Gasteiger partial charge in [0.15, 0.2) is 5.16 Å². The average molecular weight is 399 g/mol. The lowest BCUT2D eigenvalue weighted by molar-refractivity contribution is -0.118. The molecule has 2 aromatic rings. The molecule has 1 fully saturated rings. The number of aryl methyl sites for hydroxylation is 2. The zero-order valence-electron chi connectivity index (χ0n) is 17.1. The van der Waals surface area contributed by atoms with Crippen LogP contribution in [0.3, 0.4) is 0 Å². The van der Waals surface area contributed by atoms with Crippen LogP contribution in [-0.2, 0) is 11.3 Å². The van der Waals surface area contributed by atoms with Crippen molar-refractivity contribution >= 4 is 23.4 Å². The maximum Gasteiger partial charge on any atom is 0.230 e. The van der Waals surface area contributed by atoms with Crippen molar-refractivity contribution in [2.24, 2.45) is 0 Å². The second-order valence-corrected chi connectivity index (χ2v) is 8.51. The minimum absolute atomic E-state index is 0.00356. The van der Waals surface area contributed by atoms with Crippen LogP contribution in [0.5, 0.6) is 0 Å². The quantitative estimate of drug-likeness (QED) is 0.557. The van der Waals surface area contributed by atoms with Crippen LogP contribution in [0.1, 0.15) is 49.1 Å². The van der Waals surface area contributed by atoms with Crippen LogP contribution >= 0.6 is 11.8 Å². The van der Waals surface area contributed by atoms with E-state index in [1.54, 1.807) is 0 Å². The van der Waals surface area contributed by atoms with Crippen LogP contribution in [0.15, 0.2) is 35.5 Å². The van der Waals surface area contributed by atoms with Gasteiger partial charge in [0.2, 0.25) is 5.91 Å². The van der Waals surface area contributed by atoms with Gasteiger partial charge in [0, 0.05) is 36.7 Å². The molecule has 5 nitrogen and oxygen atoms in total. The number of thioether (sulfide) groups is 1. The smallest absolute Gasteiger partial charge is 0.230 e. The highest BCUT2D eigenvalue weighted by molar-refractivity contribution is 7.99. The molecule has 0 bridgehead atoms. The van der Waals surface area contributed by atoms with Crippen molar-refractivity contribution in [1.29, 1.82) is 0 Å². The topological polar surface area (TPSA) is 58.1 Å². The maximum atomic E-state index is 12.1. The third-order valence-corrected chi connectivity index (χ3v) is 6.10. The lowest BCUT2D eigenvalue weighted by Crippen LogP contribution is -2.33. The minimum Gasteiger partial charge on any atom is -0.372 e. The molecular weight excluding hydrogens is 368 g/mol. The minimum atomic E-state index is -0.00356. The van der Waals surface area contributed by atoms with E-state index in [1.165, 1.54) is 49.6 Å². The predicted octanol–water partition coefficient (Wildman–Crippen LogP) is 4.27. The van der Waals surface area contributed by atoms with Gasteiger partial charge in [-0.2, -0.15) is 0 Å². The van der Waals surface area contributed by atoms with Crippen LogP contribution in [0, 0.1) is 13.8 Å². The number of amides is 1. The molecule has 6 heteroatoms. The van der Waals surface area contributed by atoms with Gasteiger partial charge in [0.05, 0.1) is 5.75 Å². The molecule has 3 rings (SSSR count). The first-order valence-corrected chi connectivity index (χ1v) is 11.0. The molecule has 0 aliphatic heterocycles. The first-order valence-electron chi connectivity index (χ1n) is 10.0. The van der Waals surface area contributed by atoms with Crippen molar-refractivity contribution in [2.45, 2.75) is 63.7 Å². The molecular formula is C22H30N4OS. The van der Waals surface area contributed by atoms with E-state index in [9.17, 15) is 4.79 Å². The second-order valence-electron chi connectivity index (χ2n) is 7.57. The lowest BCUT2D eigenvalue weighted by atomic mass is 9.94. The molecule has 0 atom stereocenters. The van der Waals surface area contributed by atoms with Crippen molar-refractivity contribution in [2.75, 3.05) is 17.7 Å². The summed E-state index contributed by atoms with van der Waals surface area (Å²) < 4.78 is 0. The number of nitrogens with zero attached hydrogens (tertiary/aromatic N) is 3. The highest BCUT2D eigenvalue weighted by atomic mass is 32.2. The highest BCUT2D eigenvalue weighted by Crippen LogP contribution is 2.26. The van der Waals surface area contributed by atoms with Gasteiger partial charge in [-0.05, 0) is 50.5 Å². The normalized spacial score (nSPS) is 14.7. The standard InChI is InChI=1S/C22H30N4OS/c1-16-13-17(2)25-22(24-16)28-15-21(27)23-14-18-9-11-20(12-10-18)26(3)19-7-5-4-6-8-19/h9-13,19H,4-8,14-15H2,1-3H3,(H,23,27). The van der Waals surface area contributed by atoms with Crippen LogP contribution in [-0.4, -0.2) is 34.7 Å². The van der Waals surface area contributed by atoms with Gasteiger partial charge in [0.25, 0.3) is 0 Å². The van der Waals surface area contributed by atoms with E-state index < -0.39 is 0 Å². The van der Waals surface area contributed by atoms with E-state index >= 15 is 0 Å². The summed E-state index contributed by atoms with van der Waals surface area (Å²) in [5, 5.41) is 3.64. The number of hydrogen-bond donors (Lipinski definition) is 1. The van der Waals surface area contributed by atoms with Crippen LogP contribution < -0.4 is 10.2 Å². The van der Waals surface area contributed by atoms with Gasteiger partial charge in [-0.3, -0.25) is 4.79 Å². The molecule has 1 aliphatic rings. The fourth-order valence-corrected chi connectivity index (χ4v) is 4.45. The van der Waals surface area contributed by atoms with Gasteiger partial charge < -0.3 is 10.2 Å². The van der Waals surface area contributed by atoms with E-state index in [4.69, 9.17) is 0 Å². The van der Waals surface area contributed by atoms with E-state index in [0.717, 1.165) is 17.0 Å². The summed E-state index contributed by atoms with van der Waals surface area (Å²) in [4.78, 5) is 23.3. The Hall–Kier alpha value is -2.08. The summed E-state index contributed by atoms with van der Waals surface area (Å²) in [7, 11) is 2.19. The largest absolute Gasteiger partial charge is 0.372 e. The molecule has 0 unspecified atom stereocenters. The molecule has 0 radical (unpaired) electrons. The molecule has 1 aliphatic carbocycles. The molecule has 1 heterocycles. The van der Waals surface area contributed by atoms with E-state index in [2.05, 4.69) is 51.5 Å². The monoisotopic (exact) mass is 398 g/mol. The van der Waals surface area contributed by atoms with Crippen molar-refractivity contribution in [1.82, 2.24) is 15.3 Å². The summed E-state index contributed by atoms with van der Waals surface area (Å²) in [6.07, 6.45) is 6.62. The van der Waals surface area contributed by atoms with Crippen molar-refractivity contribution in [3.05, 3.63) is 47.3 Å². The van der Waals surface area contributed by atoms with Crippen LogP contribution in [0.4, 0.5) is 5.69 Å². The molecule has 1 N–H and O–H groups in total. The number of nitrogens with one attached hydrogen (secondary N) is 1. The van der Waals surface area contributed by atoms with Crippen molar-refractivity contribution in [3.63, 3.8) is 0 Å². The fraction of sp³-hybridized carbons (Fsp3) is 0.500. The van der Waals surface area contributed by atoms with E-state index in [1.807, 2.05) is 19.9 Å². The summed E-state index contributed by atoms with van der Waals surface area (Å²) in [5.41, 5.74) is 4.22. The maximum absolute atomic E-state index is 12.1. The van der Waals surface area contributed by atoms with Gasteiger partial charge in [-0.25, -0.2) is 9.97 Å². The van der Waals surface area contributed by atoms with E-state index in [0.29, 0.717) is 23.5 Å². The SMILES string of the molecule is Cc1cc(C)nc(SCC(=O)NCc2ccc(N(C)C3CCCCC3)cc2)n1. The second kappa shape index (κ2) is 9.92. The van der Waals surface area contributed by atoms with E-state index in [-0.39, 0.29) is 5.91 Å². The summed E-state index contributed by atoms with van der Waals surface area (Å²) in [6.45, 7) is 4.42. The summed E-state index contributed by atoms with van der Waals surface area (Å²) in [6, 6.07) is 11.1. The number of carbonyl (C=O) groups is 1. The van der Waals surface area contributed by atoms with Crippen LogP contribution in [0.2, 0.25) is 0 Å². The molecule has 1 aromatic carbocycles. The third kappa shape index (κ3) is 5.96. The Bertz CT molecular complexity index is 767. The Morgan fingerprint density at radius 2 is 1.75 bits per heavy atom. The number of anilines is 1. The molecule has 0 spiro atoms. The molecule has 150 valence electrons. The predicted molar refractivity (Wildman–Crippen MR) is 116 cm³/mol. The zero-order chi connectivity index (χ0) is 19.9. The van der Waals surface area contributed by atoms with Gasteiger partial charge in [0.1, 0.15) is 0 Å². The first-order chi connectivity index (χ1) is 13.5. The van der Waals surface area contributed by atoms with Gasteiger partial charge in [-0.15, -0.1) is 0 Å². The Labute approximate surface area is 172 Å². The Morgan fingerprint density at radius 1 is 1.11 bits per heavy atom. The number of aromatic nitrogens is 2. The Kier molecular flexibility index (Phi) is 7.31. The highest BCUT2D eigenvalue weighted by Gasteiger charge is 2.18. The van der Waals surface area contributed by atoms with Gasteiger partial charge >= 0.3 is 0 Å². The average Bonchev–Trinajstić information content (AvgIpc) is 2.70. The molecule has 1 aromatic heterocycles. The van der Waals surface area contributed by atoms with Gasteiger partial charge in [-0.1, -0.05) is 43.2 Å². The summed E-state index contributed by atoms with van der Waals surface area (Å²) >= 11 is 1.37. The van der Waals surface area contributed by atoms with Crippen molar-refractivity contribution in [3.8, 4) is 0 Å². The number of carbonyl (C=O) groups excluding carboxylic acids is 1. The fourth-order valence-electron chi connectivity index (χ4n) is 3.67. The number of benzene rings is 1. The molecule has 1 saturated carbocycles. The van der Waals surface area contributed by atoms with Crippen molar-refractivity contribution < 1.29 is 4.79 Å². The Balaban J connectivity index is 1.45. The number of hydrogen-bond acceptors (Lipinski definition) is 5. The number of rotatable bonds is 7.